The van der Waals surface area contributed by atoms with E-state index in [4.69, 9.17) is 23.2 Å². The van der Waals surface area contributed by atoms with Crippen molar-refractivity contribution in [1.82, 2.24) is 0 Å². The standard InChI is InChI=1S/C11H11Cl2F3O2/c12-4-3-9(17)10(18)7-2-1-6(13)5-8(7)11(14,15)16/h1-2,5,9-10,17-18H,3-4H2. The van der Waals surface area contributed by atoms with Gasteiger partial charge in [0.1, 0.15) is 6.10 Å². The van der Waals surface area contributed by atoms with Gasteiger partial charge in [0.15, 0.2) is 0 Å². The van der Waals surface area contributed by atoms with Crippen molar-refractivity contribution in [2.24, 2.45) is 0 Å². The molecule has 0 spiro atoms. The van der Waals surface area contributed by atoms with E-state index >= 15 is 0 Å². The zero-order chi connectivity index (χ0) is 13.9. The van der Waals surface area contributed by atoms with Crippen molar-refractivity contribution >= 4 is 23.2 Å². The average molecular weight is 303 g/mol. The van der Waals surface area contributed by atoms with E-state index < -0.39 is 29.5 Å². The Morgan fingerprint density at radius 2 is 1.83 bits per heavy atom. The van der Waals surface area contributed by atoms with E-state index in [1.165, 1.54) is 6.07 Å². The van der Waals surface area contributed by atoms with Gasteiger partial charge in [-0.25, -0.2) is 0 Å². The van der Waals surface area contributed by atoms with Gasteiger partial charge in [0.2, 0.25) is 0 Å². The molecule has 0 fully saturated rings. The molecular weight excluding hydrogens is 292 g/mol. The second-order valence-corrected chi connectivity index (χ2v) is 4.53. The van der Waals surface area contributed by atoms with E-state index in [1.807, 2.05) is 0 Å². The molecule has 1 aromatic carbocycles. The van der Waals surface area contributed by atoms with Crippen LogP contribution in [0, 0.1) is 0 Å². The van der Waals surface area contributed by atoms with Crippen molar-refractivity contribution in [3.05, 3.63) is 34.3 Å². The Morgan fingerprint density at radius 3 is 2.33 bits per heavy atom. The van der Waals surface area contributed by atoms with Crippen LogP contribution >= 0.6 is 23.2 Å². The summed E-state index contributed by atoms with van der Waals surface area (Å²) in [4.78, 5) is 0. The van der Waals surface area contributed by atoms with Gasteiger partial charge in [0, 0.05) is 10.9 Å². The van der Waals surface area contributed by atoms with Crippen LogP contribution < -0.4 is 0 Å². The number of halogens is 5. The summed E-state index contributed by atoms with van der Waals surface area (Å²) in [5.41, 5.74) is -1.47. The zero-order valence-corrected chi connectivity index (χ0v) is 10.6. The molecule has 102 valence electrons. The molecule has 0 radical (unpaired) electrons. The summed E-state index contributed by atoms with van der Waals surface area (Å²) in [6.07, 6.45) is -7.67. The van der Waals surface area contributed by atoms with Crippen LogP contribution in [0.15, 0.2) is 18.2 Å². The molecule has 18 heavy (non-hydrogen) atoms. The molecule has 2 unspecified atom stereocenters. The summed E-state index contributed by atoms with van der Waals surface area (Å²) in [5, 5.41) is 19.1. The largest absolute Gasteiger partial charge is 0.416 e. The number of hydrogen-bond acceptors (Lipinski definition) is 2. The summed E-state index contributed by atoms with van der Waals surface area (Å²) < 4.78 is 38.3. The average Bonchev–Trinajstić information content (AvgIpc) is 2.27. The van der Waals surface area contributed by atoms with Gasteiger partial charge in [0.25, 0.3) is 0 Å². The molecule has 0 aromatic heterocycles. The smallest absolute Gasteiger partial charge is 0.390 e. The van der Waals surface area contributed by atoms with Crippen LogP contribution in [-0.2, 0) is 6.18 Å². The maximum Gasteiger partial charge on any atom is 0.416 e. The fraction of sp³-hybridized carbons (Fsp3) is 0.455. The molecule has 0 aliphatic carbocycles. The normalized spacial score (nSPS) is 15.5. The summed E-state index contributed by atoms with van der Waals surface area (Å²) in [5.74, 6) is 0.0349. The highest BCUT2D eigenvalue weighted by atomic mass is 35.5. The first-order valence-electron chi connectivity index (χ1n) is 5.06. The van der Waals surface area contributed by atoms with E-state index in [0.29, 0.717) is 6.07 Å². The minimum absolute atomic E-state index is 0.0113. The summed E-state index contributed by atoms with van der Waals surface area (Å²) >= 11 is 10.9. The van der Waals surface area contributed by atoms with Crippen LogP contribution in [0.4, 0.5) is 13.2 Å². The predicted molar refractivity (Wildman–Crippen MR) is 62.8 cm³/mol. The third kappa shape index (κ3) is 3.75. The molecule has 1 rings (SSSR count). The molecule has 0 aliphatic rings. The monoisotopic (exact) mass is 302 g/mol. The molecule has 0 saturated carbocycles. The number of alkyl halides is 4. The molecule has 0 aliphatic heterocycles. The van der Waals surface area contributed by atoms with Crippen LogP contribution in [-0.4, -0.2) is 22.2 Å². The number of hydrogen-bond donors (Lipinski definition) is 2. The van der Waals surface area contributed by atoms with Gasteiger partial charge in [-0.2, -0.15) is 13.2 Å². The van der Waals surface area contributed by atoms with E-state index in [0.717, 1.165) is 6.07 Å². The lowest BCUT2D eigenvalue weighted by Crippen LogP contribution is -2.22. The Bertz CT molecular complexity index is 410. The quantitative estimate of drug-likeness (QED) is 0.837. The zero-order valence-electron chi connectivity index (χ0n) is 9.09. The van der Waals surface area contributed by atoms with Gasteiger partial charge in [-0.15, -0.1) is 11.6 Å². The third-order valence-corrected chi connectivity index (χ3v) is 2.86. The Balaban J connectivity index is 3.15. The van der Waals surface area contributed by atoms with Gasteiger partial charge in [0.05, 0.1) is 11.7 Å². The van der Waals surface area contributed by atoms with Crippen LogP contribution in [0.3, 0.4) is 0 Å². The van der Waals surface area contributed by atoms with Gasteiger partial charge < -0.3 is 10.2 Å². The Morgan fingerprint density at radius 1 is 1.22 bits per heavy atom. The van der Waals surface area contributed by atoms with E-state index in [2.05, 4.69) is 0 Å². The lowest BCUT2D eigenvalue weighted by atomic mass is 9.97. The molecule has 1 aromatic rings. The van der Waals surface area contributed by atoms with Crippen molar-refractivity contribution in [2.75, 3.05) is 5.88 Å². The number of aliphatic hydroxyl groups excluding tert-OH is 2. The molecule has 2 nitrogen and oxygen atoms in total. The minimum atomic E-state index is -4.65. The highest BCUT2D eigenvalue weighted by molar-refractivity contribution is 6.30. The molecule has 0 saturated heterocycles. The second kappa shape index (κ2) is 6.10. The van der Waals surface area contributed by atoms with E-state index in [9.17, 15) is 23.4 Å². The SMILES string of the molecule is OC(CCCl)C(O)c1ccc(Cl)cc1C(F)(F)F. The summed E-state index contributed by atoms with van der Waals surface area (Å²) in [6.45, 7) is 0. The van der Waals surface area contributed by atoms with Crippen LogP contribution in [0.5, 0.6) is 0 Å². The van der Waals surface area contributed by atoms with Gasteiger partial charge >= 0.3 is 6.18 Å². The second-order valence-electron chi connectivity index (χ2n) is 3.72. The Labute approximate surface area is 112 Å². The fourth-order valence-corrected chi connectivity index (χ4v) is 1.90. The molecule has 2 N–H and O–H groups in total. The van der Waals surface area contributed by atoms with Crippen molar-refractivity contribution in [2.45, 2.75) is 24.8 Å². The molecule has 0 amide bonds. The molecular formula is C11H11Cl2F3O2. The number of rotatable bonds is 4. The third-order valence-electron chi connectivity index (χ3n) is 2.41. The lowest BCUT2D eigenvalue weighted by molar-refractivity contribution is -0.139. The summed E-state index contributed by atoms with van der Waals surface area (Å²) in [6, 6.07) is 2.99. The molecule has 2 atom stereocenters. The van der Waals surface area contributed by atoms with Crippen molar-refractivity contribution in [3.8, 4) is 0 Å². The van der Waals surface area contributed by atoms with Crippen molar-refractivity contribution in [1.29, 1.82) is 0 Å². The minimum Gasteiger partial charge on any atom is -0.390 e. The summed E-state index contributed by atoms with van der Waals surface area (Å²) in [7, 11) is 0. The highest BCUT2D eigenvalue weighted by Gasteiger charge is 2.36. The van der Waals surface area contributed by atoms with Gasteiger partial charge in [-0.05, 0) is 24.1 Å². The Kier molecular flexibility index (Phi) is 5.28. The van der Waals surface area contributed by atoms with Gasteiger partial charge in [-0.3, -0.25) is 0 Å². The first-order chi connectivity index (χ1) is 8.27. The Hall–Kier alpha value is -0.490. The van der Waals surface area contributed by atoms with Crippen molar-refractivity contribution < 1.29 is 23.4 Å². The van der Waals surface area contributed by atoms with Crippen LogP contribution in [0.1, 0.15) is 23.7 Å². The highest BCUT2D eigenvalue weighted by Crippen LogP contribution is 2.37. The number of benzene rings is 1. The van der Waals surface area contributed by atoms with E-state index in [1.54, 1.807) is 0 Å². The van der Waals surface area contributed by atoms with Crippen LogP contribution in [0.25, 0.3) is 0 Å². The van der Waals surface area contributed by atoms with Crippen molar-refractivity contribution in [3.63, 3.8) is 0 Å². The molecule has 7 heteroatoms. The fourth-order valence-electron chi connectivity index (χ4n) is 1.51. The van der Waals surface area contributed by atoms with Crippen LogP contribution in [0.2, 0.25) is 5.02 Å². The first kappa shape index (κ1) is 15.6. The maximum absolute atomic E-state index is 12.8. The lowest BCUT2D eigenvalue weighted by Gasteiger charge is -2.21. The number of aliphatic hydroxyl groups is 2. The first-order valence-corrected chi connectivity index (χ1v) is 5.97. The predicted octanol–water partition coefficient (Wildman–Crippen LogP) is 3.38. The van der Waals surface area contributed by atoms with Gasteiger partial charge in [-0.1, -0.05) is 17.7 Å². The van der Waals surface area contributed by atoms with E-state index in [-0.39, 0.29) is 17.3 Å². The molecule has 0 heterocycles. The molecule has 0 bridgehead atoms. The maximum atomic E-state index is 12.8. The topological polar surface area (TPSA) is 40.5 Å².